The van der Waals surface area contributed by atoms with Gasteiger partial charge in [-0.05, 0) is 32.3 Å². The number of likely N-dealkylation sites (tertiary alicyclic amines) is 1. The lowest BCUT2D eigenvalue weighted by Crippen LogP contribution is -2.37. The van der Waals surface area contributed by atoms with Gasteiger partial charge >= 0.3 is 0 Å². The van der Waals surface area contributed by atoms with Crippen molar-refractivity contribution in [2.24, 2.45) is 7.05 Å². The molecule has 2 amide bonds. The molecule has 9 nitrogen and oxygen atoms in total. The van der Waals surface area contributed by atoms with Crippen LogP contribution in [0.3, 0.4) is 0 Å². The van der Waals surface area contributed by atoms with Crippen LogP contribution in [0.2, 0.25) is 0 Å². The van der Waals surface area contributed by atoms with Gasteiger partial charge in [-0.3, -0.25) is 24.4 Å². The number of aromatic nitrogens is 2. The predicted molar refractivity (Wildman–Crippen MR) is 98.7 cm³/mol. The molecular weight excluding hydrogens is 350 g/mol. The zero-order valence-electron chi connectivity index (χ0n) is 15.3. The Hall–Kier alpha value is -3.23. The van der Waals surface area contributed by atoms with E-state index < -0.39 is 10.8 Å². The number of nitrogens with one attached hydrogen (secondary N) is 1. The highest BCUT2D eigenvalue weighted by Crippen LogP contribution is 2.24. The first-order valence-corrected chi connectivity index (χ1v) is 8.76. The molecule has 3 rings (SSSR count). The predicted octanol–water partition coefficient (Wildman–Crippen LogP) is 2.52. The van der Waals surface area contributed by atoms with Gasteiger partial charge in [-0.15, -0.1) is 0 Å². The largest absolute Gasteiger partial charge is 0.337 e. The van der Waals surface area contributed by atoms with E-state index in [1.165, 1.54) is 36.0 Å². The smallest absolute Gasteiger partial charge is 0.274 e. The summed E-state index contributed by atoms with van der Waals surface area (Å²) in [6.07, 6.45) is 4.43. The molecule has 1 aromatic carbocycles. The second-order valence-electron chi connectivity index (χ2n) is 6.54. The van der Waals surface area contributed by atoms with Crippen LogP contribution in [-0.2, 0) is 7.05 Å². The number of anilines is 1. The van der Waals surface area contributed by atoms with E-state index in [1.807, 2.05) is 0 Å². The molecular formula is C18H21N5O4. The summed E-state index contributed by atoms with van der Waals surface area (Å²) in [4.78, 5) is 37.8. The molecule has 142 valence electrons. The van der Waals surface area contributed by atoms with Gasteiger partial charge in [0.15, 0.2) is 0 Å². The first kappa shape index (κ1) is 18.6. The van der Waals surface area contributed by atoms with Crippen molar-refractivity contribution in [1.82, 2.24) is 14.7 Å². The average molecular weight is 371 g/mol. The first-order valence-electron chi connectivity index (χ1n) is 8.76. The van der Waals surface area contributed by atoms with Crippen LogP contribution < -0.4 is 5.32 Å². The van der Waals surface area contributed by atoms with Crippen LogP contribution in [0.25, 0.3) is 0 Å². The first-order chi connectivity index (χ1) is 12.9. The van der Waals surface area contributed by atoms with Gasteiger partial charge in [-0.2, -0.15) is 5.10 Å². The Morgan fingerprint density at radius 2 is 1.93 bits per heavy atom. The minimum absolute atomic E-state index is 0.126. The number of carbonyl (C=O) groups is 2. The molecule has 2 heterocycles. The van der Waals surface area contributed by atoms with Gasteiger partial charge in [0, 0.05) is 37.3 Å². The quantitative estimate of drug-likeness (QED) is 0.656. The van der Waals surface area contributed by atoms with Crippen molar-refractivity contribution in [2.75, 3.05) is 18.4 Å². The molecule has 1 fully saturated rings. The lowest BCUT2D eigenvalue weighted by Gasteiger charge is -2.27. The second kappa shape index (κ2) is 7.56. The van der Waals surface area contributed by atoms with Gasteiger partial charge in [0.25, 0.3) is 17.5 Å². The molecule has 27 heavy (non-hydrogen) atoms. The summed E-state index contributed by atoms with van der Waals surface area (Å²) >= 11 is 0. The summed E-state index contributed by atoms with van der Waals surface area (Å²) in [5.41, 5.74) is 0.924. The molecule has 0 saturated carbocycles. The summed E-state index contributed by atoms with van der Waals surface area (Å²) < 4.78 is 1.44. The third kappa shape index (κ3) is 3.67. The number of nitro benzene ring substituents is 1. The minimum Gasteiger partial charge on any atom is -0.337 e. The Balaban J connectivity index is 1.87. The summed E-state index contributed by atoms with van der Waals surface area (Å²) in [6.45, 7) is 2.89. The van der Waals surface area contributed by atoms with Gasteiger partial charge in [0.05, 0.1) is 16.8 Å². The highest BCUT2D eigenvalue weighted by Gasteiger charge is 2.26. The molecule has 2 aromatic rings. The van der Waals surface area contributed by atoms with Crippen LogP contribution in [0.15, 0.2) is 24.4 Å². The van der Waals surface area contributed by atoms with Crippen LogP contribution in [0.5, 0.6) is 0 Å². The minimum atomic E-state index is -0.526. The Morgan fingerprint density at radius 1 is 1.22 bits per heavy atom. The topological polar surface area (TPSA) is 110 Å². The van der Waals surface area contributed by atoms with Gasteiger partial charge in [0.2, 0.25) is 0 Å². The molecule has 0 atom stereocenters. The Morgan fingerprint density at radius 3 is 2.59 bits per heavy atom. The third-order valence-electron chi connectivity index (χ3n) is 4.78. The van der Waals surface area contributed by atoms with E-state index in [0.717, 1.165) is 19.3 Å². The number of amides is 2. The fraction of sp³-hybridized carbons (Fsp3) is 0.389. The van der Waals surface area contributed by atoms with Gasteiger partial charge in [-0.25, -0.2) is 0 Å². The molecule has 9 heteroatoms. The van der Waals surface area contributed by atoms with Crippen LogP contribution in [0, 0.1) is 17.0 Å². The maximum atomic E-state index is 12.9. The van der Waals surface area contributed by atoms with E-state index in [9.17, 15) is 19.7 Å². The highest BCUT2D eigenvalue weighted by atomic mass is 16.6. The van der Waals surface area contributed by atoms with Crippen molar-refractivity contribution in [3.8, 4) is 0 Å². The fourth-order valence-corrected chi connectivity index (χ4v) is 3.29. The molecule has 1 saturated heterocycles. The number of carbonyl (C=O) groups excluding carboxylic acids is 2. The van der Waals surface area contributed by atoms with Gasteiger partial charge < -0.3 is 10.2 Å². The number of nitrogens with zero attached hydrogens (tertiary/aromatic N) is 4. The van der Waals surface area contributed by atoms with Crippen molar-refractivity contribution < 1.29 is 14.5 Å². The lowest BCUT2D eigenvalue weighted by molar-refractivity contribution is -0.385. The molecule has 1 aliphatic rings. The SMILES string of the molecule is Cc1c(C(=O)Nc2cnn(C)c2C(=O)N2CCCCC2)cccc1[N+](=O)[O-]. The molecule has 1 N–H and O–H groups in total. The molecule has 0 bridgehead atoms. The Bertz CT molecular complexity index is 899. The maximum Gasteiger partial charge on any atom is 0.274 e. The number of rotatable bonds is 4. The van der Waals surface area contributed by atoms with Crippen LogP contribution in [-0.4, -0.2) is 44.5 Å². The maximum absolute atomic E-state index is 12.9. The van der Waals surface area contributed by atoms with Crippen molar-refractivity contribution in [2.45, 2.75) is 26.2 Å². The standard InChI is InChI=1S/C18H21N5O4/c1-12-13(7-6-8-15(12)23(26)27)17(24)20-14-11-19-21(2)16(14)18(25)22-9-4-3-5-10-22/h6-8,11H,3-5,9-10H2,1-2H3,(H,20,24). The zero-order chi connectivity index (χ0) is 19.6. The van der Waals surface area contributed by atoms with E-state index >= 15 is 0 Å². The van der Waals surface area contributed by atoms with Crippen molar-refractivity contribution in [3.63, 3.8) is 0 Å². The van der Waals surface area contributed by atoms with E-state index in [0.29, 0.717) is 24.5 Å². The van der Waals surface area contributed by atoms with Crippen LogP contribution in [0.1, 0.15) is 45.7 Å². The number of hydrogen-bond donors (Lipinski definition) is 1. The number of benzene rings is 1. The molecule has 0 radical (unpaired) electrons. The number of aryl methyl sites for hydroxylation is 1. The third-order valence-corrected chi connectivity index (χ3v) is 4.78. The number of piperidine rings is 1. The monoisotopic (exact) mass is 371 g/mol. The van der Waals surface area contributed by atoms with E-state index in [2.05, 4.69) is 10.4 Å². The Kier molecular flexibility index (Phi) is 5.20. The molecule has 0 spiro atoms. The fourth-order valence-electron chi connectivity index (χ4n) is 3.29. The molecule has 0 aliphatic carbocycles. The van der Waals surface area contributed by atoms with E-state index in [1.54, 1.807) is 11.9 Å². The van der Waals surface area contributed by atoms with Crippen molar-refractivity contribution in [1.29, 1.82) is 0 Å². The molecule has 0 unspecified atom stereocenters. The van der Waals surface area contributed by atoms with Gasteiger partial charge in [-0.1, -0.05) is 6.07 Å². The van der Waals surface area contributed by atoms with E-state index in [4.69, 9.17) is 0 Å². The van der Waals surface area contributed by atoms with Crippen LogP contribution >= 0.6 is 0 Å². The normalized spacial score (nSPS) is 14.1. The Labute approximate surface area is 156 Å². The highest BCUT2D eigenvalue weighted by molar-refractivity contribution is 6.09. The van der Waals surface area contributed by atoms with Crippen molar-refractivity contribution in [3.05, 3.63) is 51.3 Å². The lowest BCUT2D eigenvalue weighted by atomic mass is 10.1. The summed E-state index contributed by atoms with van der Waals surface area (Å²) in [5, 5.41) is 17.9. The number of nitro groups is 1. The van der Waals surface area contributed by atoms with Crippen molar-refractivity contribution >= 4 is 23.2 Å². The van der Waals surface area contributed by atoms with E-state index in [-0.39, 0.29) is 22.7 Å². The van der Waals surface area contributed by atoms with Crippen LogP contribution in [0.4, 0.5) is 11.4 Å². The average Bonchev–Trinajstić information content (AvgIpc) is 3.01. The van der Waals surface area contributed by atoms with Gasteiger partial charge in [0.1, 0.15) is 5.69 Å². The summed E-state index contributed by atoms with van der Waals surface area (Å²) in [6, 6.07) is 4.32. The molecule has 1 aliphatic heterocycles. The molecule has 1 aromatic heterocycles. The zero-order valence-corrected chi connectivity index (χ0v) is 15.3. The second-order valence-corrected chi connectivity index (χ2v) is 6.54. The summed E-state index contributed by atoms with van der Waals surface area (Å²) in [5.74, 6) is -0.697. The summed E-state index contributed by atoms with van der Waals surface area (Å²) in [7, 11) is 1.64. The number of hydrogen-bond acceptors (Lipinski definition) is 5.